The molecule has 1 N–H and O–H groups in total. The molecule has 1 aromatic heterocycles. The summed E-state index contributed by atoms with van der Waals surface area (Å²) in [5.41, 5.74) is 3.77. The SMILES string of the molecule is CC[C@@H]1C(=O)OC[C@@H]1Cc1cncn1C.CNC(=O)Oc1ccc2c(c1)[C@]1(C)CCN(C)[C@@H]1N2C. The van der Waals surface area contributed by atoms with Crippen LogP contribution in [0.3, 0.4) is 0 Å². The van der Waals surface area contributed by atoms with Gasteiger partial charge in [0.25, 0.3) is 0 Å². The van der Waals surface area contributed by atoms with E-state index in [4.69, 9.17) is 9.47 Å². The smallest absolute Gasteiger partial charge is 0.412 e. The molecule has 190 valence electrons. The van der Waals surface area contributed by atoms with Crippen LogP contribution in [0.1, 0.15) is 37.9 Å². The first-order valence-corrected chi connectivity index (χ1v) is 12.3. The fraction of sp³-hybridized carbons (Fsp3) is 0.577. The number of aromatic nitrogens is 2. The van der Waals surface area contributed by atoms with E-state index in [2.05, 4.69) is 41.1 Å². The van der Waals surface area contributed by atoms with Gasteiger partial charge < -0.3 is 24.3 Å². The minimum absolute atomic E-state index is 0.0373. The van der Waals surface area contributed by atoms with Gasteiger partial charge in [0.05, 0.1) is 25.0 Å². The van der Waals surface area contributed by atoms with Gasteiger partial charge in [-0.05, 0) is 50.1 Å². The molecule has 35 heavy (non-hydrogen) atoms. The normalized spacial score (nSPS) is 27.1. The van der Waals surface area contributed by atoms with Crippen molar-refractivity contribution in [3.63, 3.8) is 0 Å². The molecule has 9 heteroatoms. The van der Waals surface area contributed by atoms with Crippen LogP contribution in [-0.2, 0) is 28.4 Å². The van der Waals surface area contributed by atoms with E-state index in [-0.39, 0.29) is 17.3 Å². The number of anilines is 1. The van der Waals surface area contributed by atoms with Crippen LogP contribution < -0.4 is 15.0 Å². The molecule has 0 unspecified atom stereocenters. The molecule has 2 fully saturated rings. The number of hydrogen-bond donors (Lipinski definition) is 1. The van der Waals surface area contributed by atoms with Crippen molar-refractivity contribution >= 4 is 17.7 Å². The van der Waals surface area contributed by atoms with Crippen LogP contribution in [0.5, 0.6) is 5.75 Å². The van der Waals surface area contributed by atoms with Gasteiger partial charge >= 0.3 is 12.1 Å². The molecule has 0 spiro atoms. The maximum Gasteiger partial charge on any atom is 0.412 e. The van der Waals surface area contributed by atoms with E-state index in [1.54, 1.807) is 13.4 Å². The summed E-state index contributed by atoms with van der Waals surface area (Å²) < 4.78 is 12.3. The third-order valence-electron chi connectivity index (χ3n) is 7.86. The highest BCUT2D eigenvalue weighted by Crippen LogP contribution is 2.51. The van der Waals surface area contributed by atoms with Crippen molar-refractivity contribution in [1.82, 2.24) is 19.8 Å². The number of benzene rings is 1. The van der Waals surface area contributed by atoms with Crippen molar-refractivity contribution in [2.24, 2.45) is 18.9 Å². The van der Waals surface area contributed by atoms with Gasteiger partial charge in [-0.25, -0.2) is 9.78 Å². The Morgan fingerprint density at radius 3 is 2.74 bits per heavy atom. The van der Waals surface area contributed by atoms with Gasteiger partial charge in [-0.15, -0.1) is 0 Å². The number of fused-ring (bicyclic) bond motifs is 3. The molecule has 9 nitrogen and oxygen atoms in total. The number of ether oxygens (including phenoxy) is 2. The van der Waals surface area contributed by atoms with Crippen LogP contribution in [0.2, 0.25) is 0 Å². The molecule has 0 aliphatic carbocycles. The summed E-state index contributed by atoms with van der Waals surface area (Å²) in [6.07, 6.45) is 6.45. The average Bonchev–Trinajstić information content (AvgIpc) is 3.55. The second-order valence-electron chi connectivity index (χ2n) is 10.1. The van der Waals surface area contributed by atoms with Crippen molar-refractivity contribution in [3.05, 3.63) is 42.0 Å². The lowest BCUT2D eigenvalue weighted by atomic mass is 9.81. The number of nitrogens with one attached hydrogen (secondary N) is 1. The Kier molecular flexibility index (Phi) is 7.07. The second-order valence-corrected chi connectivity index (χ2v) is 10.1. The highest BCUT2D eigenvalue weighted by Gasteiger charge is 2.52. The average molecular weight is 484 g/mol. The molecule has 2 aromatic rings. The zero-order valence-electron chi connectivity index (χ0n) is 21.6. The van der Waals surface area contributed by atoms with E-state index < -0.39 is 6.09 Å². The Morgan fingerprint density at radius 2 is 2.09 bits per heavy atom. The minimum atomic E-state index is -0.429. The molecule has 1 aromatic carbocycles. The quantitative estimate of drug-likeness (QED) is 0.669. The van der Waals surface area contributed by atoms with Gasteiger partial charge in [-0.2, -0.15) is 0 Å². The van der Waals surface area contributed by atoms with Gasteiger partial charge in [-0.1, -0.05) is 13.8 Å². The number of carbonyl (C=O) groups is 2. The van der Waals surface area contributed by atoms with Gasteiger partial charge in [0.15, 0.2) is 0 Å². The summed E-state index contributed by atoms with van der Waals surface area (Å²) in [6, 6.07) is 5.92. The number of imidazole rings is 1. The Morgan fingerprint density at radius 1 is 1.31 bits per heavy atom. The van der Waals surface area contributed by atoms with Gasteiger partial charge in [-0.3, -0.25) is 9.69 Å². The van der Waals surface area contributed by atoms with Crippen LogP contribution in [0, 0.1) is 11.8 Å². The molecule has 5 rings (SSSR count). The molecular weight excluding hydrogens is 446 g/mol. The van der Waals surface area contributed by atoms with Crippen molar-refractivity contribution in [3.8, 4) is 5.75 Å². The van der Waals surface area contributed by atoms with Crippen molar-refractivity contribution in [1.29, 1.82) is 0 Å². The lowest BCUT2D eigenvalue weighted by Crippen LogP contribution is -2.45. The lowest BCUT2D eigenvalue weighted by molar-refractivity contribution is -0.141. The predicted molar refractivity (Wildman–Crippen MR) is 133 cm³/mol. The first-order valence-electron chi connectivity index (χ1n) is 12.3. The molecule has 3 aliphatic rings. The zero-order chi connectivity index (χ0) is 25.3. The van der Waals surface area contributed by atoms with E-state index in [0.29, 0.717) is 24.4 Å². The first kappa shape index (κ1) is 25.0. The lowest BCUT2D eigenvalue weighted by Gasteiger charge is -2.32. The van der Waals surface area contributed by atoms with Gasteiger partial charge in [0, 0.05) is 56.6 Å². The molecule has 2 saturated heterocycles. The number of carbonyl (C=O) groups excluding carboxylic acids is 2. The van der Waals surface area contributed by atoms with E-state index in [0.717, 1.165) is 31.5 Å². The Hall–Kier alpha value is -3.07. The van der Waals surface area contributed by atoms with Gasteiger partial charge in [0.1, 0.15) is 5.75 Å². The summed E-state index contributed by atoms with van der Waals surface area (Å²) >= 11 is 0. The second kappa shape index (κ2) is 9.89. The topological polar surface area (TPSA) is 88.9 Å². The van der Waals surface area contributed by atoms with Crippen LogP contribution in [0.15, 0.2) is 30.7 Å². The summed E-state index contributed by atoms with van der Waals surface area (Å²) in [6.45, 7) is 5.98. The molecular formula is C26H37N5O4. The Balaban J connectivity index is 0.000000172. The molecule has 4 atom stereocenters. The van der Waals surface area contributed by atoms with E-state index >= 15 is 0 Å². The highest BCUT2D eigenvalue weighted by atomic mass is 16.6. The van der Waals surface area contributed by atoms with Crippen LogP contribution in [0.4, 0.5) is 10.5 Å². The number of aryl methyl sites for hydroxylation is 1. The molecule has 0 saturated carbocycles. The van der Waals surface area contributed by atoms with Crippen molar-refractivity contribution in [2.45, 2.75) is 44.7 Å². The number of nitrogens with zero attached hydrogens (tertiary/aromatic N) is 4. The molecule has 0 bridgehead atoms. The highest BCUT2D eigenvalue weighted by molar-refractivity contribution is 5.74. The number of hydrogen-bond acceptors (Lipinski definition) is 7. The third-order valence-corrected chi connectivity index (χ3v) is 7.86. The zero-order valence-corrected chi connectivity index (χ0v) is 21.6. The molecule has 1 amide bonds. The van der Waals surface area contributed by atoms with E-state index in [9.17, 15) is 9.59 Å². The van der Waals surface area contributed by atoms with Crippen LogP contribution in [0.25, 0.3) is 0 Å². The minimum Gasteiger partial charge on any atom is -0.465 e. The predicted octanol–water partition coefficient (Wildman–Crippen LogP) is 2.94. The van der Waals surface area contributed by atoms with Crippen LogP contribution in [-0.4, -0.2) is 67.0 Å². The first-order chi connectivity index (χ1) is 16.7. The monoisotopic (exact) mass is 483 g/mol. The van der Waals surface area contributed by atoms with Gasteiger partial charge in [0.2, 0.25) is 0 Å². The summed E-state index contributed by atoms with van der Waals surface area (Å²) in [4.78, 5) is 31.5. The van der Waals surface area contributed by atoms with Crippen molar-refractivity contribution < 1.29 is 19.1 Å². The molecule has 3 aliphatic heterocycles. The summed E-state index contributed by atoms with van der Waals surface area (Å²) in [5, 5.41) is 2.47. The van der Waals surface area contributed by atoms with Crippen molar-refractivity contribution in [2.75, 3.05) is 39.2 Å². The Bertz CT molecular complexity index is 1090. The number of amides is 1. The third kappa shape index (κ3) is 4.61. The number of rotatable bonds is 4. The van der Waals surface area contributed by atoms with E-state index in [1.807, 2.05) is 42.9 Å². The molecule has 0 radical (unpaired) electrons. The summed E-state index contributed by atoms with van der Waals surface area (Å²) in [5.74, 6) is 0.954. The number of likely N-dealkylation sites (tertiary alicyclic amines) is 1. The molecule has 4 heterocycles. The summed E-state index contributed by atoms with van der Waals surface area (Å²) in [7, 11) is 7.84. The number of esters is 1. The maximum absolute atomic E-state index is 11.4. The van der Waals surface area contributed by atoms with Crippen LogP contribution >= 0.6 is 0 Å². The standard InChI is InChI=1S/C15H21N3O2.C11H16N2O2/c1-15-7-8-17(3)13(15)18(4)12-6-5-10(9-11(12)15)20-14(19)16-2;1-3-10-8(6-15-11(10)14)4-9-5-12-7-13(9)2/h5-6,9,13H,7-8H2,1-4H3,(H,16,19);5,7-8,10H,3-4,6H2,1-2H3/t13-,15+;8-,10-/m10/s1. The maximum atomic E-state index is 11.4. The Labute approximate surface area is 207 Å². The number of cyclic esters (lactones) is 1. The number of likely N-dealkylation sites (N-methyl/N-ethyl adjacent to an activating group) is 2. The fourth-order valence-corrected chi connectivity index (χ4v) is 5.93. The fourth-order valence-electron chi connectivity index (χ4n) is 5.93. The van der Waals surface area contributed by atoms with E-state index in [1.165, 1.54) is 11.3 Å². The largest absolute Gasteiger partial charge is 0.465 e.